The van der Waals surface area contributed by atoms with E-state index in [9.17, 15) is 30.3 Å². The number of aliphatic hydroxyl groups is 5. The molecule has 0 aliphatic heterocycles. The maximum Gasteiger partial charge on any atom is 0.220 e. The van der Waals surface area contributed by atoms with Gasteiger partial charge in [0.25, 0.3) is 0 Å². The van der Waals surface area contributed by atoms with Crippen molar-refractivity contribution in [3.8, 4) is 0 Å². The van der Waals surface area contributed by atoms with E-state index in [1.807, 2.05) is 0 Å². The van der Waals surface area contributed by atoms with E-state index >= 15 is 0 Å². The largest absolute Gasteiger partial charge is 0.390 e. The fourth-order valence-electron chi connectivity index (χ4n) is 8.74. The molecule has 0 aromatic heterocycles. The van der Waals surface area contributed by atoms with E-state index in [1.54, 1.807) is 0 Å². The van der Waals surface area contributed by atoms with Gasteiger partial charge in [-0.15, -0.1) is 0 Å². The molecular formula is C50H99NO7. The summed E-state index contributed by atoms with van der Waals surface area (Å²) in [4.78, 5) is 13.0. The van der Waals surface area contributed by atoms with Crippen molar-refractivity contribution < 1.29 is 35.1 Å². The van der Waals surface area contributed by atoms with Gasteiger partial charge in [0.1, 0.15) is 18.3 Å². The van der Waals surface area contributed by atoms with E-state index in [4.69, 9.17) is 4.74 Å². The van der Waals surface area contributed by atoms with E-state index in [0.717, 1.165) is 38.5 Å². The molecule has 0 spiro atoms. The summed E-state index contributed by atoms with van der Waals surface area (Å²) in [6.45, 7) is 4.45. The van der Waals surface area contributed by atoms with Crippen molar-refractivity contribution in [1.82, 2.24) is 5.32 Å². The average Bonchev–Trinajstić information content (AvgIpc) is 3.22. The van der Waals surface area contributed by atoms with E-state index in [0.29, 0.717) is 25.7 Å². The third-order valence-electron chi connectivity index (χ3n) is 12.9. The zero-order valence-electron chi connectivity index (χ0n) is 38.4. The van der Waals surface area contributed by atoms with Gasteiger partial charge in [0.05, 0.1) is 31.0 Å². The van der Waals surface area contributed by atoms with Crippen LogP contribution in [0.15, 0.2) is 0 Å². The average molecular weight is 826 g/mol. The molecule has 8 nitrogen and oxygen atoms in total. The minimum Gasteiger partial charge on any atom is -0.390 e. The molecule has 0 saturated heterocycles. The summed E-state index contributed by atoms with van der Waals surface area (Å²) >= 11 is 0. The molecule has 0 aromatic carbocycles. The van der Waals surface area contributed by atoms with Crippen molar-refractivity contribution in [3.05, 3.63) is 0 Å². The Balaban J connectivity index is 2.19. The van der Waals surface area contributed by atoms with Crippen LogP contribution in [0.25, 0.3) is 0 Å². The molecule has 0 unspecified atom stereocenters. The lowest BCUT2D eigenvalue weighted by atomic mass is 9.89. The third-order valence-corrected chi connectivity index (χ3v) is 12.9. The summed E-state index contributed by atoms with van der Waals surface area (Å²) in [5, 5.41) is 55.5. The van der Waals surface area contributed by atoms with Crippen molar-refractivity contribution >= 4 is 5.91 Å². The maximum absolute atomic E-state index is 13.0. The van der Waals surface area contributed by atoms with Gasteiger partial charge in [-0.3, -0.25) is 4.79 Å². The molecule has 346 valence electrons. The van der Waals surface area contributed by atoms with Crippen LogP contribution >= 0.6 is 0 Å². The molecule has 1 rings (SSSR count). The molecule has 1 amide bonds. The van der Waals surface area contributed by atoms with Crippen LogP contribution in [-0.4, -0.2) is 80.7 Å². The molecule has 8 heteroatoms. The summed E-state index contributed by atoms with van der Waals surface area (Å²) in [7, 11) is 0. The van der Waals surface area contributed by atoms with Gasteiger partial charge in [-0.2, -0.15) is 0 Å². The minimum absolute atomic E-state index is 0.0909. The highest BCUT2D eigenvalue weighted by atomic mass is 16.5. The molecule has 0 bridgehead atoms. The lowest BCUT2D eigenvalue weighted by molar-refractivity contribution is -0.160. The van der Waals surface area contributed by atoms with E-state index in [-0.39, 0.29) is 12.5 Å². The fraction of sp³-hybridized carbons (Fsp3) is 0.980. The van der Waals surface area contributed by atoms with Crippen LogP contribution in [0, 0.1) is 0 Å². The number of amides is 1. The zero-order valence-corrected chi connectivity index (χ0v) is 38.4. The summed E-state index contributed by atoms with van der Waals surface area (Å²) in [6.07, 6.45) is 40.2. The fourth-order valence-corrected chi connectivity index (χ4v) is 8.74. The first-order valence-electron chi connectivity index (χ1n) is 25.6. The third kappa shape index (κ3) is 31.1. The van der Waals surface area contributed by atoms with Crippen LogP contribution in [0.4, 0.5) is 0 Å². The van der Waals surface area contributed by atoms with Crippen molar-refractivity contribution in [2.24, 2.45) is 0 Å². The Morgan fingerprint density at radius 3 is 1.22 bits per heavy atom. The predicted molar refractivity (Wildman–Crippen MR) is 243 cm³/mol. The van der Waals surface area contributed by atoms with E-state index < -0.39 is 42.7 Å². The Morgan fingerprint density at radius 1 is 0.500 bits per heavy atom. The van der Waals surface area contributed by atoms with Crippen molar-refractivity contribution in [2.45, 2.75) is 307 Å². The predicted octanol–water partition coefficient (Wildman–Crippen LogP) is 11.9. The first-order chi connectivity index (χ1) is 28.3. The van der Waals surface area contributed by atoms with Crippen molar-refractivity contribution in [3.63, 3.8) is 0 Å². The smallest absolute Gasteiger partial charge is 0.220 e. The highest BCUT2D eigenvalue weighted by molar-refractivity contribution is 5.76. The van der Waals surface area contributed by atoms with Crippen molar-refractivity contribution in [2.75, 3.05) is 6.61 Å². The van der Waals surface area contributed by atoms with Gasteiger partial charge in [-0.1, -0.05) is 232 Å². The topological polar surface area (TPSA) is 139 Å². The Kier molecular flexibility index (Phi) is 38.4. The lowest BCUT2D eigenvalue weighted by Gasteiger charge is -2.36. The first-order valence-corrected chi connectivity index (χ1v) is 25.6. The van der Waals surface area contributed by atoms with Crippen LogP contribution in [0.5, 0.6) is 0 Å². The van der Waals surface area contributed by atoms with Crippen LogP contribution in [0.3, 0.4) is 0 Å². The summed E-state index contributed by atoms with van der Waals surface area (Å²) in [6, 6.07) is -0.833. The summed E-state index contributed by atoms with van der Waals surface area (Å²) < 4.78 is 5.91. The number of nitrogens with one attached hydrogen (secondary N) is 1. The first kappa shape index (κ1) is 55.2. The van der Waals surface area contributed by atoms with Gasteiger partial charge in [-0.05, 0) is 25.7 Å². The number of carbonyl (C=O) groups excluding carboxylic acids is 1. The second kappa shape index (κ2) is 40.3. The number of hydrogen-bond acceptors (Lipinski definition) is 7. The molecule has 7 atom stereocenters. The normalized spacial score (nSPS) is 20.0. The van der Waals surface area contributed by atoms with Gasteiger partial charge in [0.2, 0.25) is 5.91 Å². The molecule has 1 aliphatic carbocycles. The Morgan fingerprint density at radius 2 is 0.845 bits per heavy atom. The number of rotatable bonds is 43. The molecule has 1 fully saturated rings. The molecular weight excluding hydrogens is 727 g/mol. The summed E-state index contributed by atoms with van der Waals surface area (Å²) in [5.41, 5.74) is 0. The van der Waals surface area contributed by atoms with E-state index in [2.05, 4.69) is 19.2 Å². The van der Waals surface area contributed by atoms with E-state index in [1.165, 1.54) is 186 Å². The molecule has 0 heterocycles. The van der Waals surface area contributed by atoms with Gasteiger partial charge < -0.3 is 35.6 Å². The standard InChI is InChI=1S/C50H99NO7/c1-3-5-7-9-11-13-15-17-18-19-20-21-22-23-24-25-26-27-29-31-33-35-37-39-47(54)51-43(42-58-46-41-40-45(53)49(56)50(46)57)48(55)44(52)38-36-34-32-30-28-16-14-12-10-8-6-4-2/h43-46,48-50,52-53,55-57H,3-42H2,1-2H3,(H,51,54)/t43-,44+,45+,46+,48-,49+,50-/m1/s1. The van der Waals surface area contributed by atoms with Gasteiger partial charge in [0.15, 0.2) is 0 Å². The zero-order chi connectivity index (χ0) is 42.3. The Bertz CT molecular complexity index is 877. The Hall–Kier alpha value is -0.770. The van der Waals surface area contributed by atoms with Gasteiger partial charge >= 0.3 is 0 Å². The molecule has 58 heavy (non-hydrogen) atoms. The number of ether oxygens (including phenoxy) is 1. The SMILES string of the molecule is CCCCCCCCCCCCCCCCCCCCCCCCCC(=O)N[C@H](CO[C@H]1CC[C@H](O)[C@H](O)[C@@H]1O)[C@@H](O)[C@@H](O)CCCCCCCCCCCCCC. The van der Waals surface area contributed by atoms with Crippen molar-refractivity contribution in [1.29, 1.82) is 0 Å². The van der Waals surface area contributed by atoms with Crippen LogP contribution < -0.4 is 5.32 Å². The molecule has 0 radical (unpaired) electrons. The monoisotopic (exact) mass is 826 g/mol. The second-order valence-corrected chi connectivity index (χ2v) is 18.4. The number of aliphatic hydroxyl groups excluding tert-OH is 5. The minimum atomic E-state index is -1.30. The van der Waals surface area contributed by atoms with Gasteiger partial charge in [0, 0.05) is 6.42 Å². The lowest BCUT2D eigenvalue weighted by Crippen LogP contribution is -2.54. The number of hydrogen-bond donors (Lipinski definition) is 6. The number of carbonyl (C=O) groups is 1. The maximum atomic E-state index is 13.0. The van der Waals surface area contributed by atoms with Crippen LogP contribution in [-0.2, 0) is 9.53 Å². The van der Waals surface area contributed by atoms with Crippen LogP contribution in [0.2, 0.25) is 0 Å². The van der Waals surface area contributed by atoms with Crippen LogP contribution in [0.1, 0.15) is 264 Å². The highest BCUT2D eigenvalue weighted by Gasteiger charge is 2.38. The molecule has 1 saturated carbocycles. The molecule has 0 aromatic rings. The highest BCUT2D eigenvalue weighted by Crippen LogP contribution is 2.24. The summed E-state index contributed by atoms with van der Waals surface area (Å²) in [5.74, 6) is -0.173. The second-order valence-electron chi connectivity index (χ2n) is 18.4. The molecule has 1 aliphatic rings. The van der Waals surface area contributed by atoms with Gasteiger partial charge in [-0.25, -0.2) is 0 Å². The molecule has 6 N–H and O–H groups in total. The number of unbranched alkanes of at least 4 members (excludes halogenated alkanes) is 33. The quantitative estimate of drug-likeness (QED) is 0.0336. The Labute approximate surface area is 358 Å².